The first-order valence-electron chi connectivity index (χ1n) is 7.02. The van der Waals surface area contributed by atoms with Crippen LogP contribution in [0, 0.1) is 13.8 Å². The maximum Gasteiger partial charge on any atom is 0.205 e. The van der Waals surface area contributed by atoms with E-state index >= 15 is 0 Å². The second kappa shape index (κ2) is 6.64. The number of ketones is 1. The molecule has 23 heavy (non-hydrogen) atoms. The number of rotatable bonds is 5. The van der Waals surface area contributed by atoms with Crippen LogP contribution in [-0.4, -0.2) is 20.7 Å². The molecule has 0 spiro atoms. The van der Waals surface area contributed by atoms with E-state index in [2.05, 4.69) is 15.0 Å². The smallest absolute Gasteiger partial charge is 0.205 e. The van der Waals surface area contributed by atoms with E-state index in [-0.39, 0.29) is 5.78 Å². The van der Waals surface area contributed by atoms with Crippen molar-refractivity contribution in [3.8, 4) is 10.6 Å². The summed E-state index contributed by atoms with van der Waals surface area (Å²) in [4.78, 5) is 25.8. The third kappa shape index (κ3) is 3.51. The minimum atomic E-state index is -0.0309. The molecule has 0 amide bonds. The number of Topliss-reactive ketones (excluding diaryl/α,β-unsaturated/α-hetero) is 1. The molecule has 0 N–H and O–H groups in total. The minimum Gasteiger partial charge on any atom is -0.439 e. The third-order valence-electron chi connectivity index (χ3n) is 3.17. The molecule has 3 heterocycles. The Morgan fingerprint density at radius 1 is 1.35 bits per heavy atom. The largest absolute Gasteiger partial charge is 0.439 e. The van der Waals surface area contributed by atoms with Crippen molar-refractivity contribution < 1.29 is 9.21 Å². The zero-order valence-electron chi connectivity index (χ0n) is 13.0. The third-order valence-corrected chi connectivity index (χ3v) is 5.02. The van der Waals surface area contributed by atoms with E-state index in [0.717, 1.165) is 10.6 Å². The Hall–Kier alpha value is -1.99. The Morgan fingerprint density at radius 3 is 2.87 bits per heavy atom. The van der Waals surface area contributed by atoms with Crippen LogP contribution >= 0.6 is 23.1 Å². The number of hydrogen-bond donors (Lipinski definition) is 0. The molecule has 3 aromatic heterocycles. The number of carbonyl (C=O) groups is 1. The molecule has 0 saturated carbocycles. The maximum absolute atomic E-state index is 11.8. The van der Waals surface area contributed by atoms with Gasteiger partial charge >= 0.3 is 0 Å². The van der Waals surface area contributed by atoms with Crippen molar-refractivity contribution in [1.82, 2.24) is 15.0 Å². The van der Waals surface area contributed by atoms with Gasteiger partial charge in [-0.1, -0.05) is 17.8 Å². The predicted octanol–water partition coefficient (Wildman–Crippen LogP) is 4.30. The average Bonchev–Trinajstić information content (AvgIpc) is 3.15. The zero-order valence-corrected chi connectivity index (χ0v) is 14.6. The highest BCUT2D eigenvalue weighted by Gasteiger charge is 2.16. The van der Waals surface area contributed by atoms with Gasteiger partial charge in [0.2, 0.25) is 5.89 Å². The molecular weight excluding hydrogens is 330 g/mol. The van der Waals surface area contributed by atoms with Gasteiger partial charge in [0.25, 0.3) is 0 Å². The van der Waals surface area contributed by atoms with Crippen LogP contribution in [0.1, 0.15) is 34.7 Å². The molecule has 0 radical (unpaired) electrons. The van der Waals surface area contributed by atoms with Gasteiger partial charge in [0.15, 0.2) is 11.5 Å². The highest BCUT2D eigenvalue weighted by Crippen LogP contribution is 2.29. The normalized spacial score (nSPS) is 10.9. The summed E-state index contributed by atoms with van der Waals surface area (Å²) in [5.74, 6) is 2.51. The van der Waals surface area contributed by atoms with E-state index < -0.39 is 0 Å². The van der Waals surface area contributed by atoms with Crippen LogP contribution in [0.25, 0.3) is 10.6 Å². The van der Waals surface area contributed by atoms with E-state index in [1.807, 2.05) is 31.4 Å². The van der Waals surface area contributed by atoms with Gasteiger partial charge in [0.1, 0.15) is 10.9 Å². The first kappa shape index (κ1) is 15.9. The van der Waals surface area contributed by atoms with E-state index in [9.17, 15) is 4.79 Å². The fourth-order valence-electron chi connectivity index (χ4n) is 2.23. The number of oxazole rings is 1. The van der Waals surface area contributed by atoms with Gasteiger partial charge in [-0.05, 0) is 32.2 Å². The van der Waals surface area contributed by atoms with Crippen molar-refractivity contribution in [3.05, 3.63) is 46.7 Å². The topological polar surface area (TPSA) is 68.9 Å². The second-order valence-corrected chi connectivity index (χ2v) is 6.89. The van der Waals surface area contributed by atoms with E-state index in [1.54, 1.807) is 17.5 Å². The molecule has 0 unspecified atom stereocenters. The van der Waals surface area contributed by atoms with Gasteiger partial charge in [-0.25, -0.2) is 15.0 Å². The quantitative estimate of drug-likeness (QED) is 0.390. The van der Waals surface area contributed by atoms with Crippen LogP contribution in [0.4, 0.5) is 0 Å². The number of hydrogen-bond acceptors (Lipinski definition) is 7. The van der Waals surface area contributed by atoms with Crippen molar-refractivity contribution in [2.45, 2.75) is 31.6 Å². The van der Waals surface area contributed by atoms with E-state index in [1.165, 1.54) is 18.7 Å². The lowest BCUT2D eigenvalue weighted by Gasteiger charge is -2.08. The summed E-state index contributed by atoms with van der Waals surface area (Å²) >= 11 is 3.05. The molecule has 5 nitrogen and oxygen atoms in total. The molecule has 3 aromatic rings. The summed E-state index contributed by atoms with van der Waals surface area (Å²) in [5.41, 5.74) is 1.28. The summed E-state index contributed by atoms with van der Waals surface area (Å²) in [6, 6.07) is 3.97. The molecule has 0 aliphatic carbocycles. The lowest BCUT2D eigenvalue weighted by Crippen LogP contribution is -2.06. The SMILES string of the molecule is CC(=O)c1c(C)nc(C)nc1SCc1ncc(-c2cccs2)o1. The van der Waals surface area contributed by atoms with Gasteiger partial charge < -0.3 is 4.42 Å². The second-order valence-electron chi connectivity index (χ2n) is 4.98. The van der Waals surface area contributed by atoms with Crippen LogP contribution in [0.5, 0.6) is 0 Å². The van der Waals surface area contributed by atoms with Crippen molar-refractivity contribution in [3.63, 3.8) is 0 Å². The number of nitrogens with zero attached hydrogens (tertiary/aromatic N) is 3. The first-order valence-corrected chi connectivity index (χ1v) is 8.88. The fourth-order valence-corrected chi connectivity index (χ4v) is 3.93. The predicted molar refractivity (Wildman–Crippen MR) is 90.9 cm³/mol. The van der Waals surface area contributed by atoms with Crippen LogP contribution in [0.2, 0.25) is 0 Å². The minimum absolute atomic E-state index is 0.0309. The summed E-state index contributed by atoms with van der Waals surface area (Å²) in [5, 5.41) is 2.68. The van der Waals surface area contributed by atoms with Crippen LogP contribution < -0.4 is 0 Å². The Bertz CT molecular complexity index is 841. The van der Waals surface area contributed by atoms with Crippen LogP contribution in [0.3, 0.4) is 0 Å². The summed E-state index contributed by atoms with van der Waals surface area (Å²) < 4.78 is 5.76. The number of aromatic nitrogens is 3. The van der Waals surface area contributed by atoms with Crippen LogP contribution in [-0.2, 0) is 5.75 Å². The number of thiophene rings is 1. The molecule has 0 aliphatic rings. The van der Waals surface area contributed by atoms with Gasteiger partial charge in [0, 0.05) is 0 Å². The van der Waals surface area contributed by atoms with E-state index in [0.29, 0.717) is 33.8 Å². The van der Waals surface area contributed by atoms with Gasteiger partial charge in [0.05, 0.1) is 28.1 Å². The van der Waals surface area contributed by atoms with Gasteiger partial charge in [-0.2, -0.15) is 0 Å². The summed E-state index contributed by atoms with van der Waals surface area (Å²) in [6.45, 7) is 5.18. The highest BCUT2D eigenvalue weighted by molar-refractivity contribution is 7.98. The lowest BCUT2D eigenvalue weighted by atomic mass is 10.2. The van der Waals surface area contributed by atoms with Crippen molar-refractivity contribution in [2.24, 2.45) is 0 Å². The maximum atomic E-state index is 11.8. The fraction of sp³-hybridized carbons (Fsp3) is 0.250. The Morgan fingerprint density at radius 2 is 2.17 bits per heavy atom. The number of carbonyl (C=O) groups excluding carboxylic acids is 1. The molecule has 3 rings (SSSR count). The molecule has 7 heteroatoms. The Kier molecular flexibility index (Phi) is 4.58. The Labute approximate surface area is 142 Å². The molecular formula is C16H15N3O2S2. The average molecular weight is 345 g/mol. The Balaban J connectivity index is 1.80. The zero-order chi connectivity index (χ0) is 16.4. The van der Waals surface area contributed by atoms with Crippen LogP contribution in [0.15, 0.2) is 33.2 Å². The standard InChI is InChI=1S/C16H15N3O2S2/c1-9-15(10(2)20)16(19-11(3)18-9)23-8-14-17-7-12(21-14)13-5-4-6-22-13/h4-7H,8H2,1-3H3. The molecule has 118 valence electrons. The summed E-state index contributed by atoms with van der Waals surface area (Å²) in [6.07, 6.45) is 1.73. The van der Waals surface area contributed by atoms with Gasteiger partial charge in [-0.3, -0.25) is 4.79 Å². The number of thioether (sulfide) groups is 1. The molecule has 0 saturated heterocycles. The van der Waals surface area contributed by atoms with Crippen molar-refractivity contribution in [2.75, 3.05) is 0 Å². The first-order chi connectivity index (χ1) is 11.0. The van der Waals surface area contributed by atoms with E-state index in [4.69, 9.17) is 4.42 Å². The molecule has 0 aromatic carbocycles. The lowest BCUT2D eigenvalue weighted by molar-refractivity contribution is 0.101. The molecule has 0 atom stereocenters. The highest BCUT2D eigenvalue weighted by atomic mass is 32.2. The number of aryl methyl sites for hydroxylation is 2. The summed E-state index contributed by atoms with van der Waals surface area (Å²) in [7, 11) is 0. The molecule has 0 aliphatic heterocycles. The van der Waals surface area contributed by atoms with Crippen molar-refractivity contribution >= 4 is 28.9 Å². The monoisotopic (exact) mass is 345 g/mol. The van der Waals surface area contributed by atoms with Crippen molar-refractivity contribution in [1.29, 1.82) is 0 Å². The molecule has 0 fully saturated rings. The van der Waals surface area contributed by atoms with Gasteiger partial charge in [-0.15, -0.1) is 11.3 Å². The molecule has 0 bridgehead atoms.